The Balaban J connectivity index is 2.17. The smallest absolute Gasteiger partial charge is 0.0557 e. The predicted octanol–water partition coefficient (Wildman–Crippen LogP) is 1.76. The van der Waals surface area contributed by atoms with Crippen molar-refractivity contribution in [1.29, 1.82) is 0 Å². The molecule has 0 aromatic rings. The lowest BCUT2D eigenvalue weighted by Crippen LogP contribution is -2.10. The maximum Gasteiger partial charge on any atom is 0.109 e. The highest BCUT2D eigenvalue weighted by Crippen LogP contribution is 2.57. The zero-order chi connectivity index (χ0) is 6.32. The molecule has 0 aromatic carbocycles. The van der Waals surface area contributed by atoms with E-state index >= 15 is 0 Å². The minimum atomic E-state index is 0.806. The van der Waals surface area contributed by atoms with Gasteiger partial charge in [0.05, 0.1) is 0 Å². The minimum absolute atomic E-state index is 0.806. The van der Waals surface area contributed by atoms with Crippen molar-refractivity contribution < 1.29 is 0 Å². The van der Waals surface area contributed by atoms with E-state index in [4.69, 9.17) is 0 Å². The molecule has 0 nitrogen and oxygen atoms in total. The summed E-state index contributed by atoms with van der Waals surface area (Å²) in [6, 6.07) is 0. The maximum atomic E-state index is 2.50. The second-order valence-corrected chi connectivity index (χ2v) is 4.14. The molecule has 0 heterocycles. The fourth-order valence-electron chi connectivity index (χ4n) is 2.88. The zero-order valence-electron chi connectivity index (χ0n) is 6.32. The molecule has 2 aliphatic carbocycles. The van der Waals surface area contributed by atoms with Gasteiger partial charge in [0.25, 0.3) is 0 Å². The van der Waals surface area contributed by atoms with Gasteiger partial charge in [-0.25, -0.2) is 0 Å². The first kappa shape index (κ1) is 5.82. The summed E-state index contributed by atoms with van der Waals surface area (Å²) < 4.78 is 0. The monoisotopic (exact) mass is 122 g/mol. The van der Waals surface area contributed by atoms with Crippen LogP contribution in [0.15, 0.2) is 0 Å². The molecule has 2 saturated carbocycles. The molecule has 50 valence electrons. The van der Waals surface area contributed by atoms with Gasteiger partial charge in [0.2, 0.25) is 0 Å². The van der Waals surface area contributed by atoms with Crippen LogP contribution in [0.3, 0.4) is 0 Å². The van der Waals surface area contributed by atoms with E-state index in [2.05, 4.69) is 7.85 Å². The lowest BCUT2D eigenvalue weighted by atomic mass is 9.64. The topological polar surface area (TPSA) is 0 Å². The third-order valence-electron chi connectivity index (χ3n) is 3.59. The number of hydrogen-bond acceptors (Lipinski definition) is 0. The first-order valence-corrected chi connectivity index (χ1v) is 4.31. The van der Waals surface area contributed by atoms with Gasteiger partial charge in [-0.15, -0.1) is 0 Å². The van der Waals surface area contributed by atoms with Crippen molar-refractivity contribution in [2.45, 2.75) is 43.8 Å². The summed E-state index contributed by atoms with van der Waals surface area (Å²) in [7, 11) is 2.50. The third kappa shape index (κ3) is 0.737. The normalized spacial score (nSPS) is 49.6. The average molecular weight is 122 g/mol. The van der Waals surface area contributed by atoms with Gasteiger partial charge < -0.3 is 0 Å². The predicted molar refractivity (Wildman–Crippen MR) is 42.4 cm³/mol. The van der Waals surface area contributed by atoms with Crippen molar-refractivity contribution in [3.8, 4) is 0 Å². The first-order valence-electron chi connectivity index (χ1n) is 4.31. The van der Waals surface area contributed by atoms with Crippen LogP contribution in [0.1, 0.15) is 38.5 Å². The Bertz CT molecular complexity index is 110. The van der Waals surface area contributed by atoms with Crippen LogP contribution in [0.25, 0.3) is 0 Å². The molecule has 0 bridgehead atoms. The molecule has 2 aliphatic rings. The average Bonchev–Trinajstić information content (AvgIpc) is 2.22. The van der Waals surface area contributed by atoms with E-state index in [-0.39, 0.29) is 0 Å². The Labute approximate surface area is 58.4 Å². The molecule has 2 fully saturated rings. The van der Waals surface area contributed by atoms with Crippen molar-refractivity contribution in [2.24, 2.45) is 5.92 Å². The first-order chi connectivity index (χ1) is 4.31. The lowest BCUT2D eigenvalue weighted by molar-refractivity contribution is 0.480. The van der Waals surface area contributed by atoms with Crippen LogP contribution in [0.5, 0.6) is 0 Å². The molecule has 0 aromatic heterocycles. The summed E-state index contributed by atoms with van der Waals surface area (Å²) in [6.07, 6.45) is 9.16. The molecule has 0 spiro atoms. The Hall–Kier alpha value is 0.0649. The number of hydrogen-bond donors (Lipinski definition) is 0. The van der Waals surface area contributed by atoms with E-state index in [0.29, 0.717) is 0 Å². The molecule has 0 N–H and O–H groups in total. The molecule has 0 atom stereocenters. The van der Waals surface area contributed by atoms with Gasteiger partial charge in [0, 0.05) is 0 Å². The summed E-state index contributed by atoms with van der Waals surface area (Å²) in [5.41, 5.74) is 0. The molecule has 0 amide bonds. The molecule has 2 rings (SSSR count). The molecule has 0 aliphatic heterocycles. The van der Waals surface area contributed by atoms with Crippen molar-refractivity contribution in [2.75, 3.05) is 0 Å². The van der Waals surface area contributed by atoms with E-state index < -0.39 is 0 Å². The second kappa shape index (κ2) is 1.77. The van der Waals surface area contributed by atoms with E-state index in [1.54, 1.807) is 0 Å². The molecule has 1 heteroatoms. The minimum Gasteiger partial charge on any atom is -0.0557 e. The molecular formula is C8H15B. The van der Waals surface area contributed by atoms with Crippen LogP contribution in [-0.2, 0) is 0 Å². The summed E-state index contributed by atoms with van der Waals surface area (Å²) in [4.78, 5) is 0. The number of rotatable bonds is 0. The van der Waals surface area contributed by atoms with Crippen molar-refractivity contribution in [1.82, 2.24) is 0 Å². The van der Waals surface area contributed by atoms with Gasteiger partial charge in [0.1, 0.15) is 7.85 Å². The molecule has 9 heavy (non-hydrogen) atoms. The van der Waals surface area contributed by atoms with Gasteiger partial charge in [-0.2, -0.15) is 0 Å². The molecule has 0 unspecified atom stereocenters. The van der Waals surface area contributed by atoms with Crippen LogP contribution >= 0.6 is 0 Å². The quantitative estimate of drug-likeness (QED) is 0.429. The van der Waals surface area contributed by atoms with Crippen LogP contribution in [0.2, 0.25) is 5.31 Å². The van der Waals surface area contributed by atoms with Crippen molar-refractivity contribution in [3.05, 3.63) is 0 Å². The van der Waals surface area contributed by atoms with Crippen LogP contribution in [0.4, 0.5) is 0 Å². The molecule has 0 radical (unpaired) electrons. The highest BCUT2D eigenvalue weighted by molar-refractivity contribution is 6.15. The second-order valence-electron chi connectivity index (χ2n) is 4.14. The summed E-state index contributed by atoms with van der Waals surface area (Å²) >= 11 is 0. The van der Waals surface area contributed by atoms with Crippen LogP contribution in [0, 0.1) is 5.92 Å². The van der Waals surface area contributed by atoms with E-state index in [9.17, 15) is 0 Å². The fourth-order valence-corrected chi connectivity index (χ4v) is 2.88. The summed E-state index contributed by atoms with van der Waals surface area (Å²) in [5.74, 6) is 1.12. The summed E-state index contributed by atoms with van der Waals surface area (Å²) in [5, 5.41) is 0.806. The largest absolute Gasteiger partial charge is 0.109 e. The fraction of sp³-hybridized carbons (Fsp3) is 1.00. The van der Waals surface area contributed by atoms with E-state index in [1.807, 2.05) is 0 Å². The van der Waals surface area contributed by atoms with Gasteiger partial charge in [-0.05, 0) is 5.92 Å². The van der Waals surface area contributed by atoms with Gasteiger partial charge >= 0.3 is 0 Å². The Morgan fingerprint density at radius 1 is 1.11 bits per heavy atom. The van der Waals surface area contributed by atoms with E-state index in [1.165, 1.54) is 38.5 Å². The standard InChI is InChI=1S/C8H15B/c9-8-5-1-3-7(8)4-2-6-8/h7H,1-6,9H2. The Kier molecular flexibility index (Phi) is 1.15. The highest BCUT2D eigenvalue weighted by atomic mass is 14.4. The van der Waals surface area contributed by atoms with Crippen molar-refractivity contribution >= 4 is 7.85 Å². The SMILES string of the molecule is BC12CCCC1CCC2. The van der Waals surface area contributed by atoms with Gasteiger partial charge in [-0.1, -0.05) is 43.8 Å². The van der Waals surface area contributed by atoms with E-state index in [0.717, 1.165) is 11.2 Å². The third-order valence-corrected chi connectivity index (χ3v) is 3.59. The van der Waals surface area contributed by atoms with Crippen LogP contribution in [-0.4, -0.2) is 7.85 Å². The molecule has 0 saturated heterocycles. The summed E-state index contributed by atoms with van der Waals surface area (Å²) in [6.45, 7) is 0. The van der Waals surface area contributed by atoms with Gasteiger partial charge in [0.15, 0.2) is 0 Å². The van der Waals surface area contributed by atoms with Crippen LogP contribution < -0.4 is 0 Å². The Morgan fingerprint density at radius 2 is 1.67 bits per heavy atom. The zero-order valence-corrected chi connectivity index (χ0v) is 6.32. The van der Waals surface area contributed by atoms with Crippen molar-refractivity contribution in [3.63, 3.8) is 0 Å². The molecular weight excluding hydrogens is 107 g/mol. The van der Waals surface area contributed by atoms with Gasteiger partial charge in [-0.3, -0.25) is 0 Å². The number of fused-ring (bicyclic) bond motifs is 1. The maximum absolute atomic E-state index is 2.50. The highest BCUT2D eigenvalue weighted by Gasteiger charge is 2.41. The Morgan fingerprint density at radius 3 is 2.11 bits per heavy atom. The lowest BCUT2D eigenvalue weighted by Gasteiger charge is -2.22.